The van der Waals surface area contributed by atoms with Crippen molar-refractivity contribution >= 4 is 35.0 Å². The number of fused-ring (bicyclic) bond motifs is 3. The number of aliphatic hydroxyl groups is 1. The van der Waals surface area contributed by atoms with E-state index in [0.29, 0.717) is 37.6 Å². The molecule has 3 aromatic rings. The minimum absolute atomic E-state index is 0.0323. The molecule has 12 heteroatoms. The molecule has 0 spiro atoms. The second kappa shape index (κ2) is 10.4. The first-order chi connectivity index (χ1) is 20.7. The SMILES string of the molecule is CC1(c2cccc(Cl)c2F)CN(c2ccc(CO)cn2)C(=O)c2ccc(NC3CN(C(=O)N4C[C@@H]5C[C@H]4CO5)C3)c(F)c21. The number of nitrogens with zero attached hydrogens (tertiary/aromatic N) is 4. The highest BCUT2D eigenvalue weighted by Gasteiger charge is 2.47. The molecule has 9 nitrogen and oxygen atoms in total. The number of hydrogen-bond acceptors (Lipinski definition) is 6. The number of nitrogens with one attached hydrogen (secondary N) is 1. The number of rotatable bonds is 5. The molecule has 2 N–H and O–H groups in total. The van der Waals surface area contributed by atoms with Gasteiger partial charge in [0.25, 0.3) is 5.91 Å². The number of aliphatic hydroxyl groups excluding tert-OH is 1. The number of pyridine rings is 1. The minimum atomic E-state index is -1.34. The van der Waals surface area contributed by atoms with Gasteiger partial charge >= 0.3 is 6.03 Å². The zero-order valence-corrected chi connectivity index (χ0v) is 24.2. The van der Waals surface area contributed by atoms with E-state index >= 15 is 8.78 Å². The van der Waals surface area contributed by atoms with Crippen LogP contribution in [0.25, 0.3) is 0 Å². The first-order valence-corrected chi connectivity index (χ1v) is 14.6. The lowest BCUT2D eigenvalue weighted by molar-refractivity contribution is 0.0303. The zero-order chi connectivity index (χ0) is 30.0. The second-order valence-electron chi connectivity index (χ2n) is 11.9. The average molecular weight is 610 g/mol. The molecule has 7 rings (SSSR count). The molecule has 2 aromatic carbocycles. The van der Waals surface area contributed by atoms with Crippen molar-refractivity contribution in [3.8, 4) is 0 Å². The van der Waals surface area contributed by atoms with Gasteiger partial charge in [0, 0.05) is 54.5 Å². The minimum Gasteiger partial charge on any atom is -0.392 e. The van der Waals surface area contributed by atoms with Gasteiger partial charge in [-0.05, 0) is 43.2 Å². The fourth-order valence-electron chi connectivity index (χ4n) is 6.78. The molecule has 4 aliphatic heterocycles. The molecule has 0 saturated carbocycles. The van der Waals surface area contributed by atoms with Crippen molar-refractivity contribution in [2.24, 2.45) is 0 Å². The number of halogens is 3. The Balaban J connectivity index is 1.20. The highest BCUT2D eigenvalue weighted by molar-refractivity contribution is 6.30. The van der Waals surface area contributed by atoms with Crippen LogP contribution in [0.15, 0.2) is 48.7 Å². The number of carbonyl (C=O) groups is 2. The van der Waals surface area contributed by atoms with Crippen molar-refractivity contribution in [1.29, 1.82) is 0 Å². The molecule has 3 amide bonds. The molecular weight excluding hydrogens is 580 g/mol. The van der Waals surface area contributed by atoms with Crippen LogP contribution in [0.5, 0.6) is 0 Å². The molecule has 1 aromatic heterocycles. The van der Waals surface area contributed by atoms with Gasteiger partial charge in [0.15, 0.2) is 5.82 Å². The van der Waals surface area contributed by atoms with Crippen LogP contribution < -0.4 is 10.2 Å². The number of anilines is 2. The quantitative estimate of drug-likeness (QED) is 0.451. The van der Waals surface area contributed by atoms with Crippen LogP contribution in [0.1, 0.15) is 40.4 Å². The number of amides is 3. The number of likely N-dealkylation sites (tertiary alicyclic amines) is 2. The molecule has 224 valence electrons. The Kier molecular flexibility index (Phi) is 6.79. The maximum atomic E-state index is 16.6. The first kappa shape index (κ1) is 28.0. The standard InChI is InChI=1S/C31H30ClF2N5O4/c1-31(22-3-2-4-23(32)27(22)33)16-39(25-8-5-17(14-40)10-35-25)29(41)21-6-7-24(28(34)26(21)31)36-18-11-37(12-18)30(42)38-13-20-9-19(38)15-43-20/h2-8,10,18-20,36,40H,9,11-16H2,1H3/t19-,20-,31?/m0/s1. The molecule has 0 aliphatic carbocycles. The van der Waals surface area contributed by atoms with Crippen LogP contribution in [0.3, 0.4) is 0 Å². The van der Waals surface area contributed by atoms with Gasteiger partial charge < -0.3 is 25.0 Å². The van der Waals surface area contributed by atoms with E-state index < -0.39 is 23.0 Å². The zero-order valence-electron chi connectivity index (χ0n) is 23.4. The lowest BCUT2D eigenvalue weighted by Gasteiger charge is -2.44. The highest BCUT2D eigenvalue weighted by atomic mass is 35.5. The molecule has 0 radical (unpaired) electrons. The Morgan fingerprint density at radius 2 is 1.98 bits per heavy atom. The van der Waals surface area contributed by atoms with Crippen molar-refractivity contribution in [2.45, 2.75) is 43.6 Å². The third-order valence-corrected chi connectivity index (χ3v) is 9.41. The summed E-state index contributed by atoms with van der Waals surface area (Å²) in [6, 6.07) is 10.8. The van der Waals surface area contributed by atoms with E-state index in [1.54, 1.807) is 42.2 Å². The normalized spacial score (nSPS) is 24.8. The topological polar surface area (TPSA) is 98.2 Å². The van der Waals surface area contributed by atoms with Gasteiger partial charge in [0.1, 0.15) is 11.6 Å². The van der Waals surface area contributed by atoms with Crippen LogP contribution in [-0.2, 0) is 16.8 Å². The molecule has 2 bridgehead atoms. The Morgan fingerprint density at radius 3 is 2.65 bits per heavy atom. The van der Waals surface area contributed by atoms with Gasteiger partial charge in [-0.2, -0.15) is 0 Å². The summed E-state index contributed by atoms with van der Waals surface area (Å²) in [5.74, 6) is -1.53. The Morgan fingerprint density at radius 1 is 1.16 bits per heavy atom. The second-order valence-corrected chi connectivity index (χ2v) is 12.3. The predicted octanol–water partition coefficient (Wildman–Crippen LogP) is 4.16. The summed E-state index contributed by atoms with van der Waals surface area (Å²) in [6.45, 7) is 3.36. The van der Waals surface area contributed by atoms with Gasteiger partial charge in [-0.15, -0.1) is 0 Å². The molecule has 3 fully saturated rings. The number of urea groups is 1. The van der Waals surface area contributed by atoms with E-state index in [2.05, 4.69) is 10.3 Å². The first-order valence-electron chi connectivity index (χ1n) is 14.3. The third-order valence-electron chi connectivity index (χ3n) is 9.12. The highest BCUT2D eigenvalue weighted by Crippen LogP contribution is 2.45. The van der Waals surface area contributed by atoms with Crippen molar-refractivity contribution < 1.29 is 28.2 Å². The lowest BCUT2D eigenvalue weighted by Crippen LogP contribution is -2.61. The summed E-state index contributed by atoms with van der Waals surface area (Å²) in [4.78, 5) is 36.1. The van der Waals surface area contributed by atoms with Gasteiger partial charge in [0.2, 0.25) is 0 Å². The van der Waals surface area contributed by atoms with E-state index in [0.717, 1.165) is 6.42 Å². The number of carbonyl (C=O) groups excluding carboxylic acids is 2. The summed E-state index contributed by atoms with van der Waals surface area (Å²) in [6.07, 6.45) is 2.44. The molecule has 3 atom stereocenters. The van der Waals surface area contributed by atoms with Crippen LogP contribution in [-0.4, -0.2) is 82.8 Å². The maximum absolute atomic E-state index is 16.6. The number of hydrogen-bond donors (Lipinski definition) is 2. The van der Waals surface area contributed by atoms with Crippen molar-refractivity contribution in [3.63, 3.8) is 0 Å². The fourth-order valence-corrected chi connectivity index (χ4v) is 6.96. The van der Waals surface area contributed by atoms with Crippen LogP contribution >= 0.6 is 11.6 Å². The largest absolute Gasteiger partial charge is 0.392 e. The summed E-state index contributed by atoms with van der Waals surface area (Å²) < 4.78 is 37.7. The molecule has 43 heavy (non-hydrogen) atoms. The Hall–Kier alpha value is -3.80. The van der Waals surface area contributed by atoms with Gasteiger partial charge in [-0.1, -0.05) is 29.8 Å². The van der Waals surface area contributed by atoms with Crippen LogP contribution in [0.2, 0.25) is 5.02 Å². The smallest absolute Gasteiger partial charge is 0.320 e. The van der Waals surface area contributed by atoms with E-state index in [-0.39, 0.29) is 64.8 Å². The molecular formula is C31H30ClF2N5O4. The van der Waals surface area contributed by atoms with E-state index in [1.807, 2.05) is 4.90 Å². The summed E-state index contributed by atoms with van der Waals surface area (Å²) in [7, 11) is 0. The number of aromatic nitrogens is 1. The molecule has 5 heterocycles. The van der Waals surface area contributed by atoms with Crippen molar-refractivity contribution in [2.75, 3.05) is 43.0 Å². The van der Waals surface area contributed by atoms with Crippen molar-refractivity contribution in [3.05, 3.63) is 87.6 Å². The lowest BCUT2D eigenvalue weighted by atomic mass is 9.70. The monoisotopic (exact) mass is 609 g/mol. The van der Waals surface area contributed by atoms with E-state index in [4.69, 9.17) is 16.3 Å². The number of benzene rings is 2. The maximum Gasteiger partial charge on any atom is 0.320 e. The average Bonchev–Trinajstić information content (AvgIpc) is 3.63. The van der Waals surface area contributed by atoms with E-state index in [1.165, 1.54) is 23.2 Å². The van der Waals surface area contributed by atoms with Gasteiger partial charge in [-0.3, -0.25) is 9.69 Å². The molecule has 3 saturated heterocycles. The van der Waals surface area contributed by atoms with Crippen molar-refractivity contribution in [1.82, 2.24) is 14.8 Å². The van der Waals surface area contributed by atoms with Crippen LogP contribution in [0, 0.1) is 11.6 Å². The van der Waals surface area contributed by atoms with Gasteiger partial charge in [0.05, 0.1) is 42.1 Å². The predicted molar refractivity (Wildman–Crippen MR) is 155 cm³/mol. The van der Waals surface area contributed by atoms with Crippen LogP contribution in [0.4, 0.5) is 25.1 Å². The third kappa shape index (κ3) is 4.52. The van der Waals surface area contributed by atoms with Gasteiger partial charge in [-0.25, -0.2) is 18.6 Å². The summed E-state index contributed by atoms with van der Waals surface area (Å²) in [5.41, 5.74) is -0.308. The fraction of sp³-hybridized carbons (Fsp3) is 0.387. The Labute approximate surface area is 252 Å². The molecule has 1 unspecified atom stereocenters. The summed E-state index contributed by atoms with van der Waals surface area (Å²) >= 11 is 6.17. The van der Waals surface area contributed by atoms with E-state index in [9.17, 15) is 14.7 Å². The number of morpholine rings is 1. The Bertz CT molecular complexity index is 1620. The summed E-state index contributed by atoms with van der Waals surface area (Å²) in [5, 5.41) is 12.5. The number of ether oxygens (including phenoxy) is 1. The molecule has 4 aliphatic rings.